The van der Waals surface area contributed by atoms with Crippen molar-refractivity contribution in [2.24, 2.45) is 0 Å². The summed E-state index contributed by atoms with van der Waals surface area (Å²) in [6.07, 6.45) is 0.144. The van der Waals surface area contributed by atoms with Gasteiger partial charge < -0.3 is 5.11 Å². The number of carbonyl (C=O) groups is 1. The minimum atomic E-state index is -0.741. The first kappa shape index (κ1) is 21.2. The number of benzene rings is 3. The monoisotopic (exact) mass is 441 g/mol. The van der Waals surface area contributed by atoms with Crippen LogP contribution < -0.4 is 0 Å². The SMILES string of the molecule is CC(O)C1=C2CN(C(c3ccccc3)(c3ccccc3)c3ccccc3)CCC2SC1=O. The Labute approximate surface area is 193 Å². The standard InChI is InChI=1S/C28H27NO2S/c1-20(30)26-24-19-29(18-17-25(24)32-27(26)31)28(21-11-5-2-6-12-21,22-13-7-3-8-14-22)23-15-9-4-10-16-23/h2-16,20,25,30H,17-19H2,1H3. The molecular weight excluding hydrogens is 414 g/mol. The van der Waals surface area contributed by atoms with E-state index in [1.165, 1.54) is 28.5 Å². The van der Waals surface area contributed by atoms with Gasteiger partial charge in [-0.3, -0.25) is 9.69 Å². The normalized spacial score (nSPS) is 20.3. The molecule has 2 aliphatic rings. The number of likely N-dealkylation sites (tertiary alicyclic amines) is 1. The van der Waals surface area contributed by atoms with E-state index in [2.05, 4.69) is 95.9 Å². The fourth-order valence-electron chi connectivity index (χ4n) is 5.36. The third-order valence-electron chi connectivity index (χ3n) is 6.69. The Hall–Kier alpha value is -2.66. The Balaban J connectivity index is 1.75. The van der Waals surface area contributed by atoms with Crippen LogP contribution in [0.1, 0.15) is 30.0 Å². The number of rotatable bonds is 5. The van der Waals surface area contributed by atoms with Crippen LogP contribution in [-0.2, 0) is 10.3 Å². The van der Waals surface area contributed by atoms with Gasteiger partial charge in [-0.15, -0.1) is 0 Å². The number of carbonyl (C=O) groups excluding carboxylic acids is 1. The molecule has 0 bridgehead atoms. The van der Waals surface area contributed by atoms with Gasteiger partial charge in [-0.1, -0.05) is 103 Å². The summed E-state index contributed by atoms with van der Waals surface area (Å²) in [5.41, 5.74) is 4.80. The molecule has 0 radical (unpaired) electrons. The first-order valence-electron chi connectivity index (χ1n) is 11.2. The molecule has 1 fully saturated rings. The van der Waals surface area contributed by atoms with Crippen LogP contribution in [0, 0.1) is 0 Å². The number of hydrogen-bond donors (Lipinski definition) is 1. The van der Waals surface area contributed by atoms with Gasteiger partial charge in [-0.2, -0.15) is 0 Å². The molecule has 32 heavy (non-hydrogen) atoms. The minimum absolute atomic E-state index is 0.0339. The molecule has 0 aromatic heterocycles. The van der Waals surface area contributed by atoms with E-state index in [0.29, 0.717) is 12.1 Å². The fraction of sp³-hybridized carbons (Fsp3) is 0.250. The molecule has 1 saturated heterocycles. The molecular formula is C28H27NO2S. The maximum Gasteiger partial charge on any atom is 0.218 e. The summed E-state index contributed by atoms with van der Waals surface area (Å²) in [5.74, 6) is 0. The highest BCUT2D eigenvalue weighted by Crippen LogP contribution is 2.48. The van der Waals surface area contributed by atoms with E-state index in [0.717, 1.165) is 18.5 Å². The summed E-state index contributed by atoms with van der Waals surface area (Å²) in [7, 11) is 0. The lowest BCUT2D eigenvalue weighted by molar-refractivity contribution is -0.108. The van der Waals surface area contributed by atoms with Gasteiger partial charge in [0.15, 0.2) is 0 Å². The number of aliphatic hydroxyl groups excluding tert-OH is 1. The van der Waals surface area contributed by atoms with Crippen LogP contribution in [0.5, 0.6) is 0 Å². The average Bonchev–Trinajstić information content (AvgIpc) is 3.17. The predicted octanol–water partition coefficient (Wildman–Crippen LogP) is 5.00. The van der Waals surface area contributed by atoms with Gasteiger partial charge in [-0.25, -0.2) is 0 Å². The first-order valence-corrected chi connectivity index (χ1v) is 12.0. The zero-order valence-electron chi connectivity index (χ0n) is 18.1. The average molecular weight is 442 g/mol. The molecule has 3 aromatic rings. The third-order valence-corrected chi connectivity index (χ3v) is 7.93. The molecule has 3 nitrogen and oxygen atoms in total. The van der Waals surface area contributed by atoms with Crippen molar-refractivity contribution < 1.29 is 9.90 Å². The third kappa shape index (κ3) is 3.43. The van der Waals surface area contributed by atoms with E-state index in [4.69, 9.17) is 0 Å². The minimum Gasteiger partial charge on any atom is -0.389 e. The van der Waals surface area contributed by atoms with Crippen molar-refractivity contribution in [2.45, 2.75) is 30.2 Å². The number of piperidine rings is 1. The van der Waals surface area contributed by atoms with Gasteiger partial charge in [0.05, 0.1) is 11.6 Å². The summed E-state index contributed by atoms with van der Waals surface area (Å²) in [4.78, 5) is 15.2. The zero-order valence-corrected chi connectivity index (χ0v) is 19.0. The fourth-order valence-corrected chi connectivity index (χ4v) is 6.61. The molecule has 2 atom stereocenters. The van der Waals surface area contributed by atoms with Crippen LogP contribution in [-0.4, -0.2) is 39.6 Å². The highest BCUT2D eigenvalue weighted by atomic mass is 32.2. The number of hydrogen-bond acceptors (Lipinski definition) is 4. The number of aliphatic hydroxyl groups is 1. The molecule has 0 saturated carbocycles. The van der Waals surface area contributed by atoms with Crippen LogP contribution in [0.3, 0.4) is 0 Å². The molecule has 1 N–H and O–H groups in total. The molecule has 4 heteroatoms. The van der Waals surface area contributed by atoms with Crippen LogP contribution in [0.15, 0.2) is 102 Å². The van der Waals surface area contributed by atoms with E-state index in [9.17, 15) is 9.90 Å². The largest absolute Gasteiger partial charge is 0.389 e. The quantitative estimate of drug-likeness (QED) is 0.566. The summed E-state index contributed by atoms with van der Waals surface area (Å²) < 4.78 is 0. The van der Waals surface area contributed by atoms with Crippen LogP contribution >= 0.6 is 11.8 Å². The zero-order chi connectivity index (χ0) is 22.1. The molecule has 2 unspecified atom stereocenters. The summed E-state index contributed by atoms with van der Waals surface area (Å²) in [5, 5.41) is 10.6. The van der Waals surface area contributed by atoms with E-state index in [1.54, 1.807) is 6.92 Å². The van der Waals surface area contributed by atoms with Crippen molar-refractivity contribution in [3.63, 3.8) is 0 Å². The molecule has 0 spiro atoms. The van der Waals surface area contributed by atoms with Gasteiger partial charge in [0.25, 0.3) is 0 Å². The second-order valence-electron chi connectivity index (χ2n) is 8.53. The Morgan fingerprint density at radius 1 is 0.875 bits per heavy atom. The topological polar surface area (TPSA) is 40.5 Å². The maximum atomic E-state index is 12.7. The van der Waals surface area contributed by atoms with Crippen LogP contribution in [0.2, 0.25) is 0 Å². The highest BCUT2D eigenvalue weighted by Gasteiger charge is 2.47. The summed E-state index contributed by atoms with van der Waals surface area (Å²) >= 11 is 1.39. The number of fused-ring (bicyclic) bond motifs is 1. The Morgan fingerprint density at radius 3 is 1.78 bits per heavy atom. The predicted molar refractivity (Wildman–Crippen MR) is 130 cm³/mol. The van der Waals surface area contributed by atoms with Crippen molar-refractivity contribution in [1.82, 2.24) is 4.90 Å². The molecule has 162 valence electrons. The smallest absolute Gasteiger partial charge is 0.218 e. The lowest BCUT2D eigenvalue weighted by Gasteiger charge is -2.48. The second kappa shape index (κ2) is 8.70. The molecule has 2 heterocycles. The van der Waals surface area contributed by atoms with Gasteiger partial charge >= 0.3 is 0 Å². The maximum absolute atomic E-state index is 12.7. The lowest BCUT2D eigenvalue weighted by Crippen LogP contribution is -2.52. The van der Waals surface area contributed by atoms with Crippen molar-refractivity contribution in [3.8, 4) is 0 Å². The van der Waals surface area contributed by atoms with E-state index in [-0.39, 0.29) is 10.4 Å². The van der Waals surface area contributed by atoms with Crippen LogP contribution in [0.4, 0.5) is 0 Å². The summed E-state index contributed by atoms with van der Waals surface area (Å²) in [6.45, 7) is 3.23. The Kier molecular flexibility index (Phi) is 5.76. The molecule has 0 aliphatic carbocycles. The van der Waals surface area contributed by atoms with Crippen molar-refractivity contribution in [1.29, 1.82) is 0 Å². The van der Waals surface area contributed by atoms with Gasteiger partial charge in [0.1, 0.15) is 0 Å². The lowest BCUT2D eigenvalue weighted by atomic mass is 9.74. The van der Waals surface area contributed by atoms with E-state index < -0.39 is 11.6 Å². The Bertz CT molecular complexity index is 1030. The van der Waals surface area contributed by atoms with E-state index >= 15 is 0 Å². The molecule has 2 aliphatic heterocycles. The Morgan fingerprint density at radius 2 is 1.34 bits per heavy atom. The number of nitrogens with zero attached hydrogens (tertiary/aromatic N) is 1. The van der Waals surface area contributed by atoms with Gasteiger partial charge in [-0.05, 0) is 35.6 Å². The van der Waals surface area contributed by atoms with E-state index in [1.807, 2.05) is 0 Å². The van der Waals surface area contributed by atoms with Crippen molar-refractivity contribution in [2.75, 3.05) is 13.1 Å². The van der Waals surface area contributed by atoms with Gasteiger partial charge in [0.2, 0.25) is 5.12 Å². The molecule has 0 amide bonds. The van der Waals surface area contributed by atoms with Crippen LogP contribution in [0.25, 0.3) is 0 Å². The molecule has 3 aromatic carbocycles. The molecule has 5 rings (SSSR count). The summed E-state index contributed by atoms with van der Waals surface area (Å²) in [6, 6.07) is 31.9. The second-order valence-corrected chi connectivity index (χ2v) is 9.70. The highest BCUT2D eigenvalue weighted by molar-refractivity contribution is 8.15. The van der Waals surface area contributed by atoms with Crippen molar-refractivity contribution >= 4 is 16.9 Å². The first-order chi connectivity index (χ1) is 15.6. The van der Waals surface area contributed by atoms with Crippen molar-refractivity contribution in [3.05, 3.63) is 119 Å². The number of thioether (sulfide) groups is 1. The van der Waals surface area contributed by atoms with Gasteiger partial charge in [0, 0.05) is 23.9 Å².